The van der Waals surface area contributed by atoms with Crippen molar-refractivity contribution in [1.29, 1.82) is 0 Å². The molecule has 0 aliphatic heterocycles. The Morgan fingerprint density at radius 1 is 0.719 bits per heavy atom. The summed E-state index contributed by atoms with van der Waals surface area (Å²) in [6, 6.07) is 0. The number of esters is 1. The maximum absolute atomic E-state index is 12.4. The van der Waals surface area contributed by atoms with Gasteiger partial charge in [0.15, 0.2) is 0 Å². The second kappa shape index (κ2) is 23.3. The number of ether oxygens (including phenoxy) is 1. The summed E-state index contributed by atoms with van der Waals surface area (Å²) in [5.41, 5.74) is 0. The molecule has 0 aromatic carbocycles. The number of carbonyl (C=O) groups excluding carboxylic acids is 2. The van der Waals surface area contributed by atoms with Crippen molar-refractivity contribution in [2.45, 2.75) is 148 Å². The third-order valence-corrected chi connectivity index (χ3v) is 6.27. The number of ketones is 1. The fourth-order valence-electron chi connectivity index (χ4n) is 4.06. The molecule has 0 aromatic heterocycles. The normalized spacial score (nSPS) is 13.1. The standard InChI is InChI=1S/C28H53O4/c1-4-6-8-10-12-13-15-16-18-20-26(24-27(30)25(3)22-23-29)32-28(31)21-19-17-14-11-9-7-5-2/h25-26,29H,3-24H2,1-2H3/t25-,26+/m0/s1. The lowest BCUT2D eigenvalue weighted by atomic mass is 9.95. The third kappa shape index (κ3) is 19.8. The van der Waals surface area contributed by atoms with E-state index in [0.717, 1.165) is 32.1 Å². The molecule has 0 amide bonds. The van der Waals surface area contributed by atoms with Gasteiger partial charge in [0.25, 0.3) is 0 Å². The van der Waals surface area contributed by atoms with Gasteiger partial charge in [-0.3, -0.25) is 9.59 Å². The molecular weight excluding hydrogens is 400 g/mol. The molecule has 4 heteroatoms. The molecule has 0 heterocycles. The van der Waals surface area contributed by atoms with Crippen LogP contribution >= 0.6 is 0 Å². The molecular formula is C28H53O4. The number of hydrogen-bond donors (Lipinski definition) is 1. The van der Waals surface area contributed by atoms with Crippen LogP contribution < -0.4 is 0 Å². The van der Waals surface area contributed by atoms with Crippen LogP contribution in [0.5, 0.6) is 0 Å². The van der Waals surface area contributed by atoms with Gasteiger partial charge in [0.2, 0.25) is 0 Å². The van der Waals surface area contributed by atoms with Gasteiger partial charge in [0.1, 0.15) is 11.9 Å². The number of aliphatic hydroxyl groups excluding tert-OH is 1. The highest BCUT2D eigenvalue weighted by molar-refractivity contribution is 5.82. The molecule has 0 saturated carbocycles. The maximum atomic E-state index is 12.4. The lowest BCUT2D eigenvalue weighted by molar-refractivity contribution is -0.151. The Hall–Kier alpha value is -0.900. The van der Waals surface area contributed by atoms with E-state index in [1.54, 1.807) is 0 Å². The number of Topliss-reactive ketones (excluding diaryl/α,β-unsaturated/α-hetero) is 1. The Kier molecular flexibility index (Phi) is 22.6. The zero-order valence-electron chi connectivity index (χ0n) is 21.4. The summed E-state index contributed by atoms with van der Waals surface area (Å²) in [5.74, 6) is -0.605. The Balaban J connectivity index is 4.22. The summed E-state index contributed by atoms with van der Waals surface area (Å²) in [6.07, 6.45) is 20.8. The lowest BCUT2D eigenvalue weighted by Crippen LogP contribution is -2.25. The smallest absolute Gasteiger partial charge is 0.306 e. The third-order valence-electron chi connectivity index (χ3n) is 6.27. The minimum Gasteiger partial charge on any atom is -0.462 e. The van der Waals surface area contributed by atoms with E-state index in [4.69, 9.17) is 9.84 Å². The summed E-state index contributed by atoms with van der Waals surface area (Å²) < 4.78 is 5.72. The average Bonchev–Trinajstić information content (AvgIpc) is 2.77. The maximum Gasteiger partial charge on any atom is 0.306 e. The summed E-state index contributed by atoms with van der Waals surface area (Å²) in [7, 11) is 0. The van der Waals surface area contributed by atoms with Crippen LogP contribution in [0.4, 0.5) is 0 Å². The molecule has 0 aliphatic carbocycles. The number of unbranched alkanes of at least 4 members (excludes halogenated alkanes) is 14. The van der Waals surface area contributed by atoms with E-state index in [1.165, 1.54) is 77.0 Å². The summed E-state index contributed by atoms with van der Waals surface area (Å²) in [4.78, 5) is 24.7. The zero-order chi connectivity index (χ0) is 23.9. The highest BCUT2D eigenvalue weighted by atomic mass is 16.5. The Labute approximate surface area is 199 Å². The van der Waals surface area contributed by atoms with Crippen LogP contribution in [0.25, 0.3) is 0 Å². The summed E-state index contributed by atoms with van der Waals surface area (Å²) in [6.45, 7) is 8.27. The fourth-order valence-corrected chi connectivity index (χ4v) is 4.06. The first-order valence-electron chi connectivity index (χ1n) is 13.7. The van der Waals surface area contributed by atoms with Crippen LogP contribution in [0, 0.1) is 12.8 Å². The molecule has 4 nitrogen and oxygen atoms in total. The van der Waals surface area contributed by atoms with E-state index in [1.807, 2.05) is 0 Å². The number of aliphatic hydroxyl groups is 1. The quantitative estimate of drug-likeness (QED) is 0.120. The Morgan fingerprint density at radius 2 is 1.19 bits per heavy atom. The van der Waals surface area contributed by atoms with E-state index >= 15 is 0 Å². The molecule has 0 rings (SSSR count). The van der Waals surface area contributed by atoms with Crippen LogP contribution in [-0.2, 0) is 14.3 Å². The zero-order valence-corrected chi connectivity index (χ0v) is 21.4. The van der Waals surface area contributed by atoms with Gasteiger partial charge in [-0.05, 0) is 32.6 Å². The number of carbonyl (C=O) groups is 2. The molecule has 1 N–H and O–H groups in total. The molecule has 32 heavy (non-hydrogen) atoms. The highest BCUT2D eigenvalue weighted by Gasteiger charge is 2.21. The van der Waals surface area contributed by atoms with E-state index in [0.29, 0.717) is 12.8 Å². The van der Waals surface area contributed by atoms with Crippen molar-refractivity contribution in [3.05, 3.63) is 6.92 Å². The van der Waals surface area contributed by atoms with Gasteiger partial charge < -0.3 is 9.84 Å². The van der Waals surface area contributed by atoms with Crippen molar-refractivity contribution >= 4 is 11.8 Å². The van der Waals surface area contributed by atoms with Crippen molar-refractivity contribution in [2.24, 2.45) is 5.92 Å². The minimum atomic E-state index is -0.424. The molecule has 1 radical (unpaired) electrons. The van der Waals surface area contributed by atoms with E-state index in [9.17, 15) is 9.59 Å². The van der Waals surface area contributed by atoms with Crippen molar-refractivity contribution in [3.8, 4) is 0 Å². The van der Waals surface area contributed by atoms with Gasteiger partial charge in [-0.2, -0.15) is 0 Å². The van der Waals surface area contributed by atoms with Gasteiger partial charge in [-0.1, -0.05) is 104 Å². The van der Waals surface area contributed by atoms with Crippen LogP contribution in [0.1, 0.15) is 142 Å². The fraction of sp³-hybridized carbons (Fsp3) is 0.893. The summed E-state index contributed by atoms with van der Waals surface area (Å²) >= 11 is 0. The van der Waals surface area contributed by atoms with E-state index in [2.05, 4.69) is 20.8 Å². The van der Waals surface area contributed by atoms with Crippen molar-refractivity contribution in [1.82, 2.24) is 0 Å². The van der Waals surface area contributed by atoms with Gasteiger partial charge >= 0.3 is 5.97 Å². The predicted octanol–water partition coefficient (Wildman–Crippen LogP) is 7.75. The first kappa shape index (κ1) is 31.1. The molecule has 0 unspecified atom stereocenters. The molecule has 0 aromatic rings. The number of rotatable bonds is 24. The molecule has 2 atom stereocenters. The second-order valence-electron chi connectivity index (χ2n) is 9.48. The molecule has 0 fully saturated rings. The first-order valence-corrected chi connectivity index (χ1v) is 13.7. The van der Waals surface area contributed by atoms with Crippen molar-refractivity contribution < 1.29 is 19.4 Å². The van der Waals surface area contributed by atoms with Gasteiger partial charge in [0.05, 0.1) is 0 Å². The van der Waals surface area contributed by atoms with E-state index in [-0.39, 0.29) is 30.9 Å². The van der Waals surface area contributed by atoms with E-state index < -0.39 is 5.92 Å². The van der Waals surface area contributed by atoms with Crippen LogP contribution in [0.3, 0.4) is 0 Å². The minimum absolute atomic E-state index is 0.0105. The lowest BCUT2D eigenvalue weighted by Gasteiger charge is -2.19. The van der Waals surface area contributed by atoms with Crippen molar-refractivity contribution in [2.75, 3.05) is 6.61 Å². The molecule has 0 bridgehead atoms. The highest BCUT2D eigenvalue weighted by Crippen LogP contribution is 2.18. The molecule has 0 saturated heterocycles. The van der Waals surface area contributed by atoms with Gasteiger partial charge in [-0.25, -0.2) is 0 Å². The SMILES string of the molecule is [CH2][C@@H](CCO)C(=O)C[C@@H](CCCCCCCCCCC)OC(=O)CCCCCCCCC. The van der Waals surface area contributed by atoms with Crippen LogP contribution in [0.15, 0.2) is 0 Å². The Bertz CT molecular complexity index is 435. The average molecular weight is 454 g/mol. The van der Waals surface area contributed by atoms with Crippen LogP contribution in [-0.4, -0.2) is 29.6 Å². The predicted molar refractivity (Wildman–Crippen MR) is 135 cm³/mol. The van der Waals surface area contributed by atoms with Gasteiger partial charge in [0, 0.05) is 25.4 Å². The number of hydrogen-bond acceptors (Lipinski definition) is 4. The summed E-state index contributed by atoms with van der Waals surface area (Å²) in [5, 5.41) is 9.07. The van der Waals surface area contributed by atoms with Crippen LogP contribution in [0.2, 0.25) is 0 Å². The molecule has 0 aliphatic rings. The van der Waals surface area contributed by atoms with Gasteiger partial charge in [-0.15, -0.1) is 0 Å². The largest absolute Gasteiger partial charge is 0.462 e. The topological polar surface area (TPSA) is 63.6 Å². The molecule has 0 spiro atoms. The monoisotopic (exact) mass is 453 g/mol. The second-order valence-corrected chi connectivity index (χ2v) is 9.48. The Morgan fingerprint density at radius 3 is 1.69 bits per heavy atom. The molecule has 189 valence electrons. The first-order chi connectivity index (χ1) is 15.5. The van der Waals surface area contributed by atoms with Crippen molar-refractivity contribution in [3.63, 3.8) is 0 Å².